The average molecular weight is 485 g/mol. The number of carboxylic acids is 1. The number of carbonyl (C=O) groups is 1. The molecule has 8 heteroatoms. The number of hydrogen-bond donors (Lipinski definition) is 3. The van der Waals surface area contributed by atoms with Gasteiger partial charge in [0, 0.05) is 29.0 Å². The predicted octanol–water partition coefficient (Wildman–Crippen LogP) is 5.07. The maximum atomic E-state index is 11.3. The van der Waals surface area contributed by atoms with Gasteiger partial charge in [0.2, 0.25) is 0 Å². The van der Waals surface area contributed by atoms with Gasteiger partial charge in [-0.2, -0.15) is 0 Å². The zero-order valence-electron chi connectivity index (χ0n) is 19.2. The van der Waals surface area contributed by atoms with Gasteiger partial charge in [-0.15, -0.1) is 0 Å². The summed E-state index contributed by atoms with van der Waals surface area (Å²) in [5.41, 5.74) is 5.97. The molecule has 0 radical (unpaired) electrons. The van der Waals surface area contributed by atoms with Crippen LogP contribution < -0.4 is 10.2 Å². The number of benzene rings is 2. The number of hydrogen-bond acceptors (Lipinski definition) is 4. The number of nitrogens with one attached hydrogen (secondary N) is 1. The summed E-state index contributed by atoms with van der Waals surface area (Å²) in [4.78, 5) is 18.0. The molecule has 7 nitrogen and oxygen atoms in total. The van der Waals surface area contributed by atoms with Crippen molar-refractivity contribution in [2.24, 2.45) is 0 Å². The minimum Gasteiger partial charge on any atom is -0.508 e. The van der Waals surface area contributed by atoms with Crippen molar-refractivity contribution >= 4 is 29.0 Å². The Morgan fingerprint density at radius 3 is 2.31 bits per heavy atom. The quantitative estimate of drug-likeness (QED) is 0.341. The molecule has 3 N–H and O–H groups in total. The van der Waals surface area contributed by atoms with Crippen LogP contribution in [0.1, 0.15) is 45.1 Å². The topological polar surface area (TPSA) is 90.6 Å². The van der Waals surface area contributed by atoms with Crippen LogP contribution in [0.25, 0.3) is 5.69 Å². The number of aryl methyl sites for hydroxylation is 1. The van der Waals surface area contributed by atoms with Gasteiger partial charge in [0.05, 0.1) is 23.3 Å². The summed E-state index contributed by atoms with van der Waals surface area (Å²) in [5, 5.41) is 23.1. The lowest BCUT2D eigenvalue weighted by Gasteiger charge is -2.28. The summed E-state index contributed by atoms with van der Waals surface area (Å²) >= 11 is 5.79. The van der Waals surface area contributed by atoms with Crippen molar-refractivity contribution in [1.29, 1.82) is 0 Å². The maximum absolute atomic E-state index is 11.3. The van der Waals surface area contributed by atoms with E-state index in [1.807, 2.05) is 49.4 Å². The van der Waals surface area contributed by atoms with Crippen LogP contribution in [-0.2, 0) is 0 Å². The third kappa shape index (κ3) is 4.02. The van der Waals surface area contributed by atoms with Gasteiger partial charge in [0.15, 0.2) is 5.11 Å². The smallest absolute Gasteiger partial charge is 0.335 e. The first-order chi connectivity index (χ1) is 16.8. The highest BCUT2D eigenvalue weighted by Crippen LogP contribution is 2.43. The number of pyridine rings is 1. The molecule has 0 spiro atoms. The summed E-state index contributed by atoms with van der Waals surface area (Å²) in [6.07, 6.45) is 1.77. The lowest BCUT2D eigenvalue weighted by Crippen LogP contribution is -2.29. The SMILES string of the molecule is Cc1cc(C2C(c3ccccn3)NC(=S)N2c2ccc(O)cc2)c(C)n1-c1ccc(C(=O)O)cc1. The number of carboxylic acid groups (broad SMARTS) is 1. The van der Waals surface area contributed by atoms with E-state index in [0.717, 1.165) is 34.0 Å². The van der Waals surface area contributed by atoms with Crippen molar-refractivity contribution in [2.45, 2.75) is 25.9 Å². The molecular formula is C27H24N4O3S. The Morgan fingerprint density at radius 1 is 1.00 bits per heavy atom. The number of aromatic hydroxyl groups is 1. The van der Waals surface area contributed by atoms with Crippen LogP contribution in [0.15, 0.2) is 79.0 Å². The highest BCUT2D eigenvalue weighted by Gasteiger charge is 2.42. The Kier molecular flexibility index (Phi) is 5.74. The maximum Gasteiger partial charge on any atom is 0.335 e. The monoisotopic (exact) mass is 484 g/mol. The van der Waals surface area contributed by atoms with Crippen molar-refractivity contribution in [1.82, 2.24) is 14.9 Å². The second-order valence-electron chi connectivity index (χ2n) is 8.53. The molecule has 1 fully saturated rings. The van der Waals surface area contributed by atoms with E-state index in [4.69, 9.17) is 12.2 Å². The molecule has 0 amide bonds. The zero-order valence-corrected chi connectivity index (χ0v) is 20.0. The molecule has 4 aromatic rings. The summed E-state index contributed by atoms with van der Waals surface area (Å²) in [6, 6.07) is 21.4. The number of nitrogens with zero attached hydrogens (tertiary/aromatic N) is 3. The zero-order chi connectivity index (χ0) is 24.7. The van der Waals surface area contributed by atoms with Crippen molar-refractivity contribution in [2.75, 3.05) is 4.90 Å². The van der Waals surface area contributed by atoms with Gasteiger partial charge in [0.1, 0.15) is 5.75 Å². The van der Waals surface area contributed by atoms with E-state index >= 15 is 0 Å². The lowest BCUT2D eigenvalue weighted by atomic mass is 9.96. The predicted molar refractivity (Wildman–Crippen MR) is 138 cm³/mol. The molecule has 0 bridgehead atoms. The largest absolute Gasteiger partial charge is 0.508 e. The van der Waals surface area contributed by atoms with Crippen LogP contribution >= 0.6 is 12.2 Å². The van der Waals surface area contributed by atoms with E-state index in [0.29, 0.717) is 5.11 Å². The summed E-state index contributed by atoms with van der Waals surface area (Å²) < 4.78 is 2.12. The lowest BCUT2D eigenvalue weighted by molar-refractivity contribution is 0.0697. The minimum atomic E-state index is -0.952. The van der Waals surface area contributed by atoms with Gasteiger partial charge >= 0.3 is 5.97 Å². The van der Waals surface area contributed by atoms with Crippen molar-refractivity contribution in [3.63, 3.8) is 0 Å². The Labute approximate surface area is 208 Å². The molecule has 35 heavy (non-hydrogen) atoms. The summed E-state index contributed by atoms with van der Waals surface area (Å²) in [5.74, 6) is -0.765. The molecule has 0 aliphatic carbocycles. The molecule has 176 valence electrons. The molecular weight excluding hydrogens is 460 g/mol. The van der Waals surface area contributed by atoms with E-state index in [1.54, 1.807) is 30.5 Å². The highest BCUT2D eigenvalue weighted by atomic mass is 32.1. The Hall–Kier alpha value is -4.17. The van der Waals surface area contributed by atoms with Crippen LogP contribution in [0, 0.1) is 13.8 Å². The van der Waals surface area contributed by atoms with Crippen molar-refractivity contribution < 1.29 is 15.0 Å². The standard InChI is InChI=1S/C27H24N4O3S/c1-16-15-22(17(2)30(16)19-8-6-18(7-9-19)26(33)34)25-24(23-5-3-4-14-28-23)29-27(35)31(25)20-10-12-21(32)13-11-20/h3-15,24-25,32H,1-2H3,(H,29,35)(H,33,34). The third-order valence-corrected chi connectivity index (χ3v) is 6.70. The first-order valence-electron chi connectivity index (χ1n) is 11.2. The first kappa shape index (κ1) is 22.6. The van der Waals surface area contributed by atoms with Crippen LogP contribution in [-0.4, -0.2) is 30.8 Å². The van der Waals surface area contributed by atoms with Crippen LogP contribution in [0.4, 0.5) is 5.69 Å². The molecule has 2 atom stereocenters. The van der Waals surface area contributed by atoms with E-state index in [2.05, 4.69) is 32.8 Å². The van der Waals surface area contributed by atoms with Crippen LogP contribution in [0.5, 0.6) is 5.75 Å². The van der Waals surface area contributed by atoms with Gasteiger partial charge in [0.25, 0.3) is 0 Å². The number of rotatable bonds is 5. The molecule has 2 aromatic carbocycles. The van der Waals surface area contributed by atoms with E-state index in [-0.39, 0.29) is 23.4 Å². The molecule has 2 aromatic heterocycles. The second-order valence-corrected chi connectivity index (χ2v) is 8.91. The number of aromatic nitrogens is 2. The van der Waals surface area contributed by atoms with Crippen LogP contribution in [0.3, 0.4) is 0 Å². The van der Waals surface area contributed by atoms with E-state index < -0.39 is 5.97 Å². The second kappa shape index (κ2) is 8.88. The average Bonchev–Trinajstić information content (AvgIpc) is 3.35. The fraction of sp³-hybridized carbons (Fsp3) is 0.148. The summed E-state index contributed by atoms with van der Waals surface area (Å²) in [6.45, 7) is 4.09. The van der Waals surface area contributed by atoms with Gasteiger partial charge in [-0.05, 0) is 98.4 Å². The fourth-order valence-corrected chi connectivity index (χ4v) is 5.15. The van der Waals surface area contributed by atoms with Gasteiger partial charge in [-0.3, -0.25) is 4.98 Å². The molecule has 2 unspecified atom stereocenters. The summed E-state index contributed by atoms with van der Waals surface area (Å²) in [7, 11) is 0. The third-order valence-electron chi connectivity index (χ3n) is 6.39. The minimum absolute atomic E-state index is 0.188. The van der Waals surface area contributed by atoms with Gasteiger partial charge in [-0.25, -0.2) is 4.79 Å². The molecule has 1 aliphatic heterocycles. The fourth-order valence-electron chi connectivity index (χ4n) is 4.80. The molecule has 0 saturated carbocycles. The number of phenolic OH excluding ortho intramolecular Hbond substituents is 1. The van der Waals surface area contributed by atoms with Gasteiger partial charge in [-0.1, -0.05) is 6.07 Å². The number of phenols is 1. The van der Waals surface area contributed by atoms with E-state index in [1.165, 1.54) is 0 Å². The molecule has 5 rings (SSSR count). The number of thiocarbonyl (C=S) groups is 1. The van der Waals surface area contributed by atoms with Crippen molar-refractivity contribution in [3.8, 4) is 11.4 Å². The normalized spacial score (nSPS) is 17.4. The Bertz CT molecular complexity index is 1400. The first-order valence-corrected chi connectivity index (χ1v) is 11.6. The van der Waals surface area contributed by atoms with Gasteiger partial charge < -0.3 is 25.0 Å². The molecule has 1 aliphatic rings. The molecule has 1 saturated heterocycles. The van der Waals surface area contributed by atoms with Crippen LogP contribution in [0.2, 0.25) is 0 Å². The van der Waals surface area contributed by atoms with E-state index in [9.17, 15) is 15.0 Å². The molecule has 3 heterocycles. The Balaban J connectivity index is 1.65. The number of aromatic carboxylic acids is 1. The highest BCUT2D eigenvalue weighted by molar-refractivity contribution is 7.80. The Morgan fingerprint density at radius 2 is 1.69 bits per heavy atom. The van der Waals surface area contributed by atoms with Crippen molar-refractivity contribution in [3.05, 3.63) is 107 Å². The number of anilines is 1.